The number of nitrogens with zero attached hydrogens (tertiary/aromatic N) is 3. The summed E-state index contributed by atoms with van der Waals surface area (Å²) in [4.78, 5) is 30.5. The standard InChI is InChI=1S/C12H16N4O3/c1-15-3-2-4-16(7-10(15)17)11-9(12(18)19)5-8(13)6-14-11/h5-6H,2-4,7,13H2,1H3,(H,18,19). The van der Waals surface area contributed by atoms with Gasteiger partial charge in [0.25, 0.3) is 0 Å². The average Bonchev–Trinajstić information content (AvgIpc) is 2.52. The molecule has 0 aliphatic carbocycles. The first kappa shape index (κ1) is 13.1. The molecule has 1 aromatic rings. The maximum Gasteiger partial charge on any atom is 0.339 e. The largest absolute Gasteiger partial charge is 0.478 e. The van der Waals surface area contributed by atoms with E-state index in [-0.39, 0.29) is 18.0 Å². The molecular weight excluding hydrogens is 248 g/mol. The Labute approximate surface area is 110 Å². The molecule has 1 fully saturated rings. The molecule has 102 valence electrons. The van der Waals surface area contributed by atoms with Crippen molar-refractivity contribution in [3.8, 4) is 0 Å². The Bertz CT molecular complexity index is 518. The molecule has 0 unspecified atom stereocenters. The zero-order chi connectivity index (χ0) is 14.0. The number of pyridine rings is 1. The lowest BCUT2D eigenvalue weighted by atomic mass is 10.2. The number of aromatic carboxylic acids is 1. The number of amides is 1. The molecule has 1 aliphatic heterocycles. The maximum atomic E-state index is 11.8. The number of nitrogen functional groups attached to an aromatic ring is 1. The Kier molecular flexibility index (Phi) is 3.55. The molecule has 7 heteroatoms. The van der Waals surface area contributed by atoms with Crippen LogP contribution in [0.25, 0.3) is 0 Å². The molecule has 0 saturated carbocycles. The van der Waals surface area contributed by atoms with Crippen molar-refractivity contribution in [2.24, 2.45) is 0 Å². The second kappa shape index (κ2) is 5.13. The van der Waals surface area contributed by atoms with Gasteiger partial charge in [-0.15, -0.1) is 0 Å². The van der Waals surface area contributed by atoms with E-state index in [2.05, 4.69) is 4.98 Å². The van der Waals surface area contributed by atoms with Crippen LogP contribution in [0.3, 0.4) is 0 Å². The van der Waals surface area contributed by atoms with Gasteiger partial charge in [0.05, 0.1) is 18.4 Å². The summed E-state index contributed by atoms with van der Waals surface area (Å²) in [7, 11) is 1.74. The van der Waals surface area contributed by atoms with E-state index >= 15 is 0 Å². The number of carboxylic acids is 1. The summed E-state index contributed by atoms with van der Waals surface area (Å²) >= 11 is 0. The molecule has 1 saturated heterocycles. The minimum atomic E-state index is -1.10. The normalized spacial score (nSPS) is 16.4. The predicted molar refractivity (Wildman–Crippen MR) is 70.1 cm³/mol. The SMILES string of the molecule is CN1CCCN(c2ncc(N)cc2C(=O)O)CC1=O. The summed E-state index contributed by atoms with van der Waals surface area (Å²) < 4.78 is 0. The van der Waals surface area contributed by atoms with Crippen molar-refractivity contribution in [2.75, 3.05) is 37.3 Å². The highest BCUT2D eigenvalue weighted by Crippen LogP contribution is 2.21. The molecule has 2 heterocycles. The van der Waals surface area contributed by atoms with Crippen LogP contribution in [-0.2, 0) is 4.79 Å². The van der Waals surface area contributed by atoms with Crippen LogP contribution in [0, 0.1) is 0 Å². The number of carbonyl (C=O) groups excluding carboxylic acids is 1. The van der Waals surface area contributed by atoms with Crippen LogP contribution in [0.15, 0.2) is 12.3 Å². The van der Waals surface area contributed by atoms with Gasteiger partial charge in [0, 0.05) is 20.1 Å². The third-order valence-corrected chi connectivity index (χ3v) is 3.09. The Balaban J connectivity index is 2.35. The fraction of sp³-hybridized carbons (Fsp3) is 0.417. The van der Waals surface area contributed by atoms with Crippen LogP contribution < -0.4 is 10.6 Å². The smallest absolute Gasteiger partial charge is 0.339 e. The van der Waals surface area contributed by atoms with Crippen molar-refractivity contribution in [3.63, 3.8) is 0 Å². The summed E-state index contributed by atoms with van der Waals surface area (Å²) in [6.07, 6.45) is 2.17. The minimum absolute atomic E-state index is 0.0253. The zero-order valence-corrected chi connectivity index (χ0v) is 10.7. The van der Waals surface area contributed by atoms with Gasteiger partial charge in [0.2, 0.25) is 5.91 Å². The van der Waals surface area contributed by atoms with Crippen molar-refractivity contribution in [1.29, 1.82) is 0 Å². The number of nitrogens with two attached hydrogens (primary N) is 1. The van der Waals surface area contributed by atoms with E-state index in [1.807, 2.05) is 0 Å². The quantitative estimate of drug-likeness (QED) is 0.781. The van der Waals surface area contributed by atoms with E-state index < -0.39 is 5.97 Å². The van der Waals surface area contributed by atoms with E-state index in [1.165, 1.54) is 12.3 Å². The zero-order valence-electron chi connectivity index (χ0n) is 10.7. The van der Waals surface area contributed by atoms with Crippen LogP contribution in [0.1, 0.15) is 16.8 Å². The summed E-state index contributed by atoms with van der Waals surface area (Å²) in [6, 6.07) is 1.36. The average molecular weight is 264 g/mol. The molecule has 3 N–H and O–H groups in total. The highest BCUT2D eigenvalue weighted by atomic mass is 16.4. The number of hydrogen-bond donors (Lipinski definition) is 2. The number of aromatic nitrogens is 1. The fourth-order valence-electron chi connectivity index (χ4n) is 2.05. The van der Waals surface area contributed by atoms with Gasteiger partial charge in [-0.05, 0) is 12.5 Å². The van der Waals surface area contributed by atoms with Gasteiger partial charge in [-0.3, -0.25) is 4.79 Å². The van der Waals surface area contributed by atoms with Gasteiger partial charge in [0.15, 0.2) is 0 Å². The lowest BCUT2D eigenvalue weighted by molar-refractivity contribution is -0.127. The molecule has 1 aromatic heterocycles. The Morgan fingerprint density at radius 2 is 2.21 bits per heavy atom. The Morgan fingerprint density at radius 1 is 1.47 bits per heavy atom. The second-order valence-corrected chi connectivity index (χ2v) is 4.54. The lowest BCUT2D eigenvalue weighted by Gasteiger charge is -2.22. The first-order chi connectivity index (χ1) is 8.99. The molecule has 2 rings (SSSR count). The second-order valence-electron chi connectivity index (χ2n) is 4.54. The van der Waals surface area contributed by atoms with E-state index in [0.717, 1.165) is 6.42 Å². The van der Waals surface area contributed by atoms with Gasteiger partial charge >= 0.3 is 5.97 Å². The van der Waals surface area contributed by atoms with Crippen LogP contribution in [0.5, 0.6) is 0 Å². The molecular formula is C12H16N4O3. The molecule has 0 aromatic carbocycles. The van der Waals surface area contributed by atoms with E-state index in [0.29, 0.717) is 24.6 Å². The van der Waals surface area contributed by atoms with Crippen LogP contribution >= 0.6 is 0 Å². The number of hydrogen-bond acceptors (Lipinski definition) is 5. The molecule has 0 atom stereocenters. The van der Waals surface area contributed by atoms with Crippen LogP contribution in [-0.4, -0.2) is 53.5 Å². The highest BCUT2D eigenvalue weighted by Gasteiger charge is 2.24. The van der Waals surface area contributed by atoms with E-state index in [4.69, 9.17) is 5.73 Å². The van der Waals surface area contributed by atoms with Crippen molar-refractivity contribution < 1.29 is 14.7 Å². The first-order valence-corrected chi connectivity index (χ1v) is 5.97. The third kappa shape index (κ3) is 2.75. The first-order valence-electron chi connectivity index (χ1n) is 5.97. The lowest BCUT2D eigenvalue weighted by Crippen LogP contribution is -2.35. The van der Waals surface area contributed by atoms with Gasteiger partial charge in [-0.1, -0.05) is 0 Å². The Morgan fingerprint density at radius 3 is 2.89 bits per heavy atom. The number of carboxylic acid groups (broad SMARTS) is 1. The van der Waals surface area contributed by atoms with Crippen LogP contribution in [0.2, 0.25) is 0 Å². The number of carbonyl (C=O) groups is 2. The van der Waals surface area contributed by atoms with Crippen molar-refractivity contribution in [2.45, 2.75) is 6.42 Å². The van der Waals surface area contributed by atoms with Crippen molar-refractivity contribution >= 4 is 23.4 Å². The van der Waals surface area contributed by atoms with Gasteiger partial charge < -0.3 is 20.6 Å². The number of rotatable bonds is 2. The summed E-state index contributed by atoms with van der Waals surface area (Å²) in [5.74, 6) is -0.849. The summed E-state index contributed by atoms with van der Waals surface area (Å²) in [5.41, 5.74) is 5.87. The van der Waals surface area contributed by atoms with Crippen LogP contribution in [0.4, 0.5) is 11.5 Å². The van der Waals surface area contributed by atoms with Crippen molar-refractivity contribution in [1.82, 2.24) is 9.88 Å². The third-order valence-electron chi connectivity index (χ3n) is 3.09. The predicted octanol–water partition coefficient (Wildman–Crippen LogP) is 0.0305. The molecule has 0 spiro atoms. The molecule has 0 radical (unpaired) electrons. The fourth-order valence-corrected chi connectivity index (χ4v) is 2.05. The summed E-state index contributed by atoms with van der Waals surface area (Å²) in [5, 5.41) is 9.19. The minimum Gasteiger partial charge on any atom is -0.478 e. The number of anilines is 2. The van der Waals surface area contributed by atoms with E-state index in [9.17, 15) is 14.7 Å². The monoisotopic (exact) mass is 264 g/mol. The molecule has 7 nitrogen and oxygen atoms in total. The topological polar surface area (TPSA) is 99.8 Å². The van der Waals surface area contributed by atoms with Crippen molar-refractivity contribution in [3.05, 3.63) is 17.8 Å². The maximum absolute atomic E-state index is 11.8. The van der Waals surface area contributed by atoms with Gasteiger partial charge in [0.1, 0.15) is 11.4 Å². The number of likely N-dealkylation sites (N-methyl/N-ethyl adjacent to an activating group) is 1. The summed E-state index contributed by atoms with van der Waals surface area (Å²) in [6.45, 7) is 1.38. The highest BCUT2D eigenvalue weighted by molar-refractivity contribution is 5.95. The Hall–Kier alpha value is -2.31. The molecule has 19 heavy (non-hydrogen) atoms. The molecule has 0 bridgehead atoms. The molecule has 1 aliphatic rings. The van der Waals surface area contributed by atoms with Gasteiger partial charge in [-0.25, -0.2) is 9.78 Å². The molecule has 1 amide bonds. The van der Waals surface area contributed by atoms with E-state index in [1.54, 1.807) is 16.8 Å². The van der Waals surface area contributed by atoms with Gasteiger partial charge in [-0.2, -0.15) is 0 Å².